The van der Waals surface area contributed by atoms with Crippen LogP contribution in [0.5, 0.6) is 0 Å². The molecule has 0 aromatic rings. The van der Waals surface area contributed by atoms with E-state index >= 15 is 0 Å². The minimum atomic E-state index is -1.06. The summed E-state index contributed by atoms with van der Waals surface area (Å²) in [7, 11) is 0. The topological polar surface area (TPSA) is 46.5 Å². The van der Waals surface area contributed by atoms with Gasteiger partial charge in [-0.05, 0) is 27.2 Å². The summed E-state index contributed by atoms with van der Waals surface area (Å²) in [4.78, 5) is 11.5. The van der Waals surface area contributed by atoms with Crippen molar-refractivity contribution in [1.82, 2.24) is 0 Å². The average Bonchev–Trinajstić information content (AvgIpc) is 2.27. The van der Waals surface area contributed by atoms with Gasteiger partial charge in [-0.1, -0.05) is 52.9 Å². The van der Waals surface area contributed by atoms with Crippen LogP contribution in [0.15, 0.2) is 0 Å². The minimum Gasteiger partial charge on any atom is -0.457 e. The third kappa shape index (κ3) is 6.42. The molecule has 0 heterocycles. The summed E-state index contributed by atoms with van der Waals surface area (Å²) in [6, 6.07) is 0. The zero-order chi connectivity index (χ0) is 15.1. The fourth-order valence-electron chi connectivity index (χ4n) is 1.95. The van der Waals surface area contributed by atoms with E-state index in [0.717, 1.165) is 12.8 Å². The van der Waals surface area contributed by atoms with Crippen LogP contribution in [0.4, 0.5) is 0 Å². The largest absolute Gasteiger partial charge is 0.457 e. The maximum absolute atomic E-state index is 11.5. The monoisotopic (exact) mass is 272 g/mol. The molecule has 0 aromatic carbocycles. The third-order valence-electron chi connectivity index (χ3n) is 4.23. The zero-order valence-corrected chi connectivity index (χ0v) is 13.6. The number of unbranched alkanes of at least 4 members (excludes halogenated alkanes) is 4. The van der Waals surface area contributed by atoms with Gasteiger partial charge < -0.3 is 9.84 Å². The van der Waals surface area contributed by atoms with Crippen LogP contribution < -0.4 is 0 Å². The summed E-state index contributed by atoms with van der Waals surface area (Å²) in [6.07, 6.45) is 6.18. The zero-order valence-electron chi connectivity index (χ0n) is 13.6. The molecule has 0 fully saturated rings. The first-order chi connectivity index (χ1) is 8.64. The van der Waals surface area contributed by atoms with Crippen molar-refractivity contribution in [2.24, 2.45) is 5.41 Å². The van der Waals surface area contributed by atoms with Crippen molar-refractivity contribution >= 4 is 5.97 Å². The van der Waals surface area contributed by atoms with E-state index in [1.807, 2.05) is 13.8 Å². The summed E-state index contributed by atoms with van der Waals surface area (Å²) >= 11 is 0. The smallest absolute Gasteiger partial charge is 0.335 e. The van der Waals surface area contributed by atoms with Gasteiger partial charge in [0.1, 0.15) is 11.7 Å². The summed E-state index contributed by atoms with van der Waals surface area (Å²) in [5, 5.41) is 9.25. The lowest BCUT2D eigenvalue weighted by Crippen LogP contribution is -2.45. The van der Waals surface area contributed by atoms with E-state index < -0.39 is 17.7 Å². The van der Waals surface area contributed by atoms with Gasteiger partial charge in [0.2, 0.25) is 0 Å². The van der Waals surface area contributed by atoms with Crippen molar-refractivity contribution < 1.29 is 14.6 Å². The van der Waals surface area contributed by atoms with Gasteiger partial charge in [0.15, 0.2) is 0 Å². The molecular weight excluding hydrogens is 240 g/mol. The molecule has 1 unspecified atom stereocenters. The highest BCUT2D eigenvalue weighted by molar-refractivity contribution is 5.74. The molecule has 19 heavy (non-hydrogen) atoms. The molecule has 1 N–H and O–H groups in total. The average molecular weight is 272 g/mol. The Morgan fingerprint density at radius 1 is 1.11 bits per heavy atom. The molecule has 0 aliphatic heterocycles. The van der Waals surface area contributed by atoms with E-state index in [9.17, 15) is 9.90 Å². The second kappa shape index (κ2) is 7.88. The molecule has 0 spiro atoms. The Bertz CT molecular complexity index is 267. The molecule has 0 aromatic heterocycles. The normalized spacial score (nSPS) is 14.3. The standard InChI is InChI=1S/C16H32O3/c1-7-8-9-10-11-12-15(3,4)16(5,6)19-14(18)13(2)17/h13,17H,7-12H2,1-6H3. The molecule has 0 aliphatic carbocycles. The lowest BCUT2D eigenvalue weighted by atomic mass is 9.73. The van der Waals surface area contributed by atoms with Crippen LogP contribution in [-0.4, -0.2) is 22.8 Å². The van der Waals surface area contributed by atoms with Gasteiger partial charge in [-0.2, -0.15) is 0 Å². The first-order valence-electron chi connectivity index (χ1n) is 7.55. The molecule has 3 nitrogen and oxygen atoms in total. The van der Waals surface area contributed by atoms with Gasteiger partial charge >= 0.3 is 5.97 Å². The Hall–Kier alpha value is -0.570. The predicted octanol–water partition coefficient (Wildman–Crippen LogP) is 4.08. The van der Waals surface area contributed by atoms with Crippen LogP contribution >= 0.6 is 0 Å². The molecular formula is C16H32O3. The molecule has 0 rings (SSSR count). The maximum Gasteiger partial charge on any atom is 0.335 e. The molecule has 1 atom stereocenters. The molecule has 0 bridgehead atoms. The number of aliphatic hydroxyl groups excluding tert-OH is 1. The number of ether oxygens (including phenoxy) is 1. The fraction of sp³-hybridized carbons (Fsp3) is 0.938. The van der Waals surface area contributed by atoms with Gasteiger partial charge in [0.25, 0.3) is 0 Å². The number of carbonyl (C=O) groups is 1. The minimum absolute atomic E-state index is 0.0935. The molecule has 0 saturated carbocycles. The number of hydrogen-bond acceptors (Lipinski definition) is 3. The van der Waals surface area contributed by atoms with E-state index in [0.29, 0.717) is 0 Å². The van der Waals surface area contributed by atoms with E-state index in [1.54, 1.807) is 0 Å². The van der Waals surface area contributed by atoms with Crippen molar-refractivity contribution in [3.8, 4) is 0 Å². The molecule has 3 heteroatoms. The van der Waals surface area contributed by atoms with E-state index in [1.165, 1.54) is 32.6 Å². The first kappa shape index (κ1) is 18.4. The van der Waals surface area contributed by atoms with Gasteiger partial charge in [0.05, 0.1) is 0 Å². The molecule has 0 amide bonds. The van der Waals surface area contributed by atoms with Crippen molar-refractivity contribution in [3.05, 3.63) is 0 Å². The lowest BCUT2D eigenvalue weighted by molar-refractivity contribution is -0.178. The van der Waals surface area contributed by atoms with Crippen LogP contribution in [0.2, 0.25) is 0 Å². The second-order valence-electron chi connectivity index (χ2n) is 6.66. The highest BCUT2D eigenvalue weighted by atomic mass is 16.6. The molecule has 0 aliphatic rings. The van der Waals surface area contributed by atoms with Crippen LogP contribution in [0.3, 0.4) is 0 Å². The highest BCUT2D eigenvalue weighted by Gasteiger charge is 2.40. The third-order valence-corrected chi connectivity index (χ3v) is 4.23. The van der Waals surface area contributed by atoms with E-state index in [2.05, 4.69) is 20.8 Å². The highest BCUT2D eigenvalue weighted by Crippen LogP contribution is 2.38. The first-order valence-corrected chi connectivity index (χ1v) is 7.55. The quantitative estimate of drug-likeness (QED) is 0.508. The summed E-state index contributed by atoms with van der Waals surface area (Å²) in [6.45, 7) is 11.8. The predicted molar refractivity (Wildman–Crippen MR) is 79.0 cm³/mol. The van der Waals surface area contributed by atoms with Crippen LogP contribution in [0.1, 0.15) is 80.1 Å². The number of rotatable bonds is 9. The summed E-state index contributed by atoms with van der Waals surface area (Å²) in [5.74, 6) is -0.538. The van der Waals surface area contributed by atoms with Crippen molar-refractivity contribution in [2.75, 3.05) is 0 Å². The Morgan fingerprint density at radius 3 is 2.11 bits per heavy atom. The van der Waals surface area contributed by atoms with Crippen molar-refractivity contribution in [3.63, 3.8) is 0 Å². The fourth-order valence-corrected chi connectivity index (χ4v) is 1.95. The Balaban J connectivity index is 4.31. The Kier molecular flexibility index (Phi) is 7.65. The van der Waals surface area contributed by atoms with Gasteiger partial charge in [-0.25, -0.2) is 4.79 Å². The molecule has 0 saturated heterocycles. The van der Waals surface area contributed by atoms with Crippen LogP contribution in [0, 0.1) is 5.41 Å². The summed E-state index contributed by atoms with van der Waals surface area (Å²) in [5.41, 5.74) is -0.657. The number of hydrogen-bond donors (Lipinski definition) is 1. The number of aliphatic hydroxyl groups is 1. The van der Waals surface area contributed by atoms with Crippen molar-refractivity contribution in [2.45, 2.75) is 91.8 Å². The SMILES string of the molecule is CCCCCCCC(C)(C)C(C)(C)OC(=O)C(C)O. The van der Waals surface area contributed by atoms with Crippen LogP contribution in [0.25, 0.3) is 0 Å². The molecule has 114 valence electrons. The number of esters is 1. The van der Waals surface area contributed by atoms with Gasteiger partial charge in [-0.3, -0.25) is 0 Å². The molecule has 0 radical (unpaired) electrons. The number of carbonyl (C=O) groups excluding carboxylic acids is 1. The van der Waals surface area contributed by atoms with Gasteiger partial charge in [-0.15, -0.1) is 0 Å². The van der Waals surface area contributed by atoms with Gasteiger partial charge in [0, 0.05) is 5.41 Å². The Morgan fingerprint density at radius 2 is 1.63 bits per heavy atom. The van der Waals surface area contributed by atoms with Crippen molar-refractivity contribution in [1.29, 1.82) is 0 Å². The lowest BCUT2D eigenvalue weighted by Gasteiger charge is -2.41. The maximum atomic E-state index is 11.5. The van der Waals surface area contributed by atoms with E-state index in [4.69, 9.17) is 4.74 Å². The Labute approximate surface area is 118 Å². The summed E-state index contributed by atoms with van der Waals surface area (Å²) < 4.78 is 5.45. The van der Waals surface area contributed by atoms with E-state index in [-0.39, 0.29) is 5.41 Å². The van der Waals surface area contributed by atoms with Crippen LogP contribution in [-0.2, 0) is 9.53 Å². The second-order valence-corrected chi connectivity index (χ2v) is 6.66.